The Morgan fingerprint density at radius 3 is 2.09 bits per heavy atom. The summed E-state index contributed by atoms with van der Waals surface area (Å²) in [5.41, 5.74) is 1.69. The molecular formula is C15H16N2O5S. The Morgan fingerprint density at radius 2 is 1.70 bits per heavy atom. The smallest absolute Gasteiger partial charge is 0.335 e. The summed E-state index contributed by atoms with van der Waals surface area (Å²) >= 11 is 0. The minimum Gasteiger partial charge on any atom is -0.478 e. The number of aryl methyl sites for hydroxylation is 1. The summed E-state index contributed by atoms with van der Waals surface area (Å²) in [7, 11) is -3.65. The van der Waals surface area contributed by atoms with E-state index < -0.39 is 16.0 Å². The maximum Gasteiger partial charge on any atom is 0.335 e. The van der Waals surface area contributed by atoms with Crippen molar-refractivity contribution in [3.05, 3.63) is 59.7 Å². The van der Waals surface area contributed by atoms with E-state index in [2.05, 4.69) is 5.32 Å². The number of anilines is 1. The Kier molecular flexibility index (Phi) is 6.43. The Bertz CT molecular complexity index is 786. The van der Waals surface area contributed by atoms with Crippen molar-refractivity contribution in [2.45, 2.75) is 11.8 Å². The number of rotatable bonds is 4. The van der Waals surface area contributed by atoms with Gasteiger partial charge in [0.05, 0.1) is 10.5 Å². The van der Waals surface area contributed by atoms with Crippen molar-refractivity contribution >= 4 is 28.1 Å². The van der Waals surface area contributed by atoms with Gasteiger partial charge in [0, 0.05) is 5.69 Å². The monoisotopic (exact) mass is 336 g/mol. The van der Waals surface area contributed by atoms with E-state index in [1.54, 1.807) is 25.1 Å². The van der Waals surface area contributed by atoms with E-state index in [4.69, 9.17) is 10.2 Å². The molecule has 2 aromatic carbocycles. The van der Waals surface area contributed by atoms with Gasteiger partial charge in [-0.1, -0.05) is 18.2 Å². The molecule has 1 amide bonds. The highest BCUT2D eigenvalue weighted by atomic mass is 32.2. The van der Waals surface area contributed by atoms with E-state index in [1.807, 2.05) is 6.07 Å². The molecule has 0 atom stereocenters. The lowest BCUT2D eigenvalue weighted by Gasteiger charge is -1.99. The first kappa shape index (κ1) is 18.3. The molecule has 0 saturated heterocycles. The van der Waals surface area contributed by atoms with Crippen LogP contribution in [0.1, 0.15) is 15.9 Å². The van der Waals surface area contributed by atoms with Crippen molar-refractivity contribution in [3.63, 3.8) is 0 Å². The zero-order valence-electron chi connectivity index (χ0n) is 12.3. The van der Waals surface area contributed by atoms with Crippen LogP contribution in [0.4, 0.5) is 5.69 Å². The van der Waals surface area contributed by atoms with Crippen LogP contribution >= 0.6 is 0 Å². The lowest BCUT2D eigenvalue weighted by atomic mass is 10.1. The fourth-order valence-corrected chi connectivity index (χ4v) is 2.14. The maximum atomic E-state index is 10.8. The van der Waals surface area contributed by atoms with Gasteiger partial charge in [-0.15, -0.1) is 0 Å². The van der Waals surface area contributed by atoms with E-state index in [1.165, 1.54) is 24.3 Å². The van der Waals surface area contributed by atoms with Gasteiger partial charge < -0.3 is 10.4 Å². The number of amides is 1. The summed E-state index contributed by atoms with van der Waals surface area (Å²) in [6.07, 6.45) is 0.506. The summed E-state index contributed by atoms with van der Waals surface area (Å²) in [4.78, 5) is 20.4. The van der Waals surface area contributed by atoms with E-state index in [0.717, 1.165) is 5.56 Å². The van der Waals surface area contributed by atoms with Crippen molar-refractivity contribution in [3.8, 4) is 0 Å². The van der Waals surface area contributed by atoms with Crippen LogP contribution in [0.3, 0.4) is 0 Å². The molecule has 2 rings (SSSR count). The number of hydrogen-bond donors (Lipinski definition) is 3. The van der Waals surface area contributed by atoms with Gasteiger partial charge in [0.15, 0.2) is 0 Å². The molecule has 2 aromatic rings. The average molecular weight is 336 g/mol. The molecule has 0 spiro atoms. The molecule has 0 fully saturated rings. The molecule has 0 unspecified atom stereocenters. The van der Waals surface area contributed by atoms with Gasteiger partial charge in [-0.05, 0) is 42.8 Å². The summed E-state index contributed by atoms with van der Waals surface area (Å²) in [5, 5.41) is 15.8. The number of hydrogen-bond acceptors (Lipinski definition) is 4. The molecule has 0 aromatic heterocycles. The third kappa shape index (κ3) is 5.89. The summed E-state index contributed by atoms with van der Waals surface area (Å²) in [6, 6.07) is 12.5. The van der Waals surface area contributed by atoms with Gasteiger partial charge in [-0.2, -0.15) is 0 Å². The van der Waals surface area contributed by atoms with Crippen LogP contribution in [0.25, 0.3) is 0 Å². The number of aromatic carboxylic acids is 1. The van der Waals surface area contributed by atoms with Crippen LogP contribution in [0.2, 0.25) is 0 Å². The fraction of sp³-hybridized carbons (Fsp3) is 0.0667. The summed E-state index contributed by atoms with van der Waals surface area (Å²) in [6.45, 7) is 1.78. The van der Waals surface area contributed by atoms with Crippen LogP contribution in [0, 0.1) is 6.92 Å². The molecular weight excluding hydrogens is 320 g/mol. The normalized spacial score (nSPS) is 10.2. The molecule has 0 radical (unpaired) electrons. The number of primary sulfonamides is 1. The molecule has 0 aliphatic rings. The molecule has 0 aliphatic carbocycles. The SMILES string of the molecule is Cc1ccccc1C(=O)O.NS(=O)(=O)c1ccc(NC=O)cc1. The maximum absolute atomic E-state index is 10.8. The number of carbonyl (C=O) groups excluding carboxylic acids is 1. The molecule has 4 N–H and O–H groups in total. The second-order valence-corrected chi connectivity index (χ2v) is 6.01. The number of benzene rings is 2. The predicted molar refractivity (Wildman–Crippen MR) is 85.6 cm³/mol. The molecule has 23 heavy (non-hydrogen) atoms. The lowest BCUT2D eigenvalue weighted by molar-refractivity contribution is -0.105. The molecule has 122 valence electrons. The number of carbonyl (C=O) groups is 2. The minimum absolute atomic E-state index is 0.0175. The highest BCUT2D eigenvalue weighted by Crippen LogP contribution is 2.11. The third-order valence-corrected chi connectivity index (χ3v) is 3.71. The number of carboxylic acid groups (broad SMARTS) is 1. The molecule has 0 heterocycles. The van der Waals surface area contributed by atoms with Gasteiger partial charge in [-0.3, -0.25) is 4.79 Å². The Morgan fingerprint density at radius 1 is 1.13 bits per heavy atom. The van der Waals surface area contributed by atoms with E-state index in [0.29, 0.717) is 17.7 Å². The molecule has 0 aliphatic heterocycles. The van der Waals surface area contributed by atoms with Gasteiger partial charge in [0.1, 0.15) is 0 Å². The largest absolute Gasteiger partial charge is 0.478 e. The zero-order valence-corrected chi connectivity index (χ0v) is 13.1. The minimum atomic E-state index is -3.65. The van der Waals surface area contributed by atoms with Crippen LogP contribution in [-0.2, 0) is 14.8 Å². The van der Waals surface area contributed by atoms with E-state index >= 15 is 0 Å². The predicted octanol–water partition coefficient (Wildman–Crippen LogP) is 1.60. The van der Waals surface area contributed by atoms with Crippen molar-refractivity contribution in [1.29, 1.82) is 0 Å². The third-order valence-electron chi connectivity index (χ3n) is 2.78. The van der Waals surface area contributed by atoms with Crippen molar-refractivity contribution < 1.29 is 23.1 Å². The standard InChI is InChI=1S/C8H8O2.C7H8N2O3S/c1-6-4-2-3-5-7(6)8(9)10;8-13(11,12)7-3-1-6(2-4-7)9-5-10/h2-5H,1H3,(H,9,10);1-5H,(H,9,10)(H2,8,11,12). The van der Waals surface area contributed by atoms with Gasteiger partial charge in [0.25, 0.3) is 0 Å². The molecule has 0 saturated carbocycles. The topological polar surface area (TPSA) is 127 Å². The van der Waals surface area contributed by atoms with Gasteiger partial charge in [0.2, 0.25) is 16.4 Å². The van der Waals surface area contributed by atoms with Crippen molar-refractivity contribution in [2.24, 2.45) is 5.14 Å². The molecule has 0 bridgehead atoms. The first-order chi connectivity index (χ1) is 10.8. The Labute approximate surface area is 133 Å². The highest BCUT2D eigenvalue weighted by molar-refractivity contribution is 7.89. The quantitative estimate of drug-likeness (QED) is 0.731. The second kappa shape index (κ2) is 8.06. The first-order valence-corrected chi connectivity index (χ1v) is 7.92. The molecule has 8 heteroatoms. The Balaban J connectivity index is 0.000000238. The van der Waals surface area contributed by atoms with E-state index in [-0.39, 0.29) is 4.90 Å². The van der Waals surface area contributed by atoms with Gasteiger partial charge >= 0.3 is 5.97 Å². The molecule has 7 nitrogen and oxygen atoms in total. The zero-order chi connectivity index (χ0) is 17.5. The van der Waals surface area contributed by atoms with Gasteiger partial charge in [-0.25, -0.2) is 18.4 Å². The van der Waals surface area contributed by atoms with Crippen LogP contribution in [0.15, 0.2) is 53.4 Å². The Hall–Kier alpha value is -2.71. The van der Waals surface area contributed by atoms with Crippen molar-refractivity contribution in [2.75, 3.05) is 5.32 Å². The van der Waals surface area contributed by atoms with Crippen LogP contribution in [-0.4, -0.2) is 25.9 Å². The summed E-state index contributed by atoms with van der Waals surface area (Å²) < 4.78 is 21.6. The fourth-order valence-electron chi connectivity index (χ4n) is 1.62. The number of nitrogens with one attached hydrogen (secondary N) is 1. The van der Waals surface area contributed by atoms with Crippen molar-refractivity contribution in [1.82, 2.24) is 0 Å². The lowest BCUT2D eigenvalue weighted by Crippen LogP contribution is -2.11. The number of sulfonamides is 1. The first-order valence-electron chi connectivity index (χ1n) is 6.37. The van der Waals surface area contributed by atoms with Crippen LogP contribution < -0.4 is 10.5 Å². The second-order valence-electron chi connectivity index (χ2n) is 4.45. The highest BCUT2D eigenvalue weighted by Gasteiger charge is 2.06. The van der Waals surface area contributed by atoms with E-state index in [9.17, 15) is 18.0 Å². The number of nitrogens with two attached hydrogens (primary N) is 1. The van der Waals surface area contributed by atoms with Crippen LogP contribution in [0.5, 0.6) is 0 Å². The average Bonchev–Trinajstić information content (AvgIpc) is 2.48. The summed E-state index contributed by atoms with van der Waals surface area (Å²) in [5.74, 6) is -0.863. The number of carboxylic acids is 1.